The number of thioether (sulfide) groups is 1. The van der Waals surface area contributed by atoms with E-state index in [-0.39, 0.29) is 46.6 Å². The van der Waals surface area contributed by atoms with Crippen LogP contribution in [0.3, 0.4) is 0 Å². The number of aromatic nitrogens is 1. The fourth-order valence-corrected chi connectivity index (χ4v) is 5.66. The van der Waals surface area contributed by atoms with Gasteiger partial charge in [0, 0.05) is 10.3 Å². The number of aliphatic carboxylic acids is 1. The van der Waals surface area contributed by atoms with Crippen molar-refractivity contribution < 1.29 is 53.6 Å². The molecule has 3 atom stereocenters. The smallest absolute Gasteiger partial charge is 0.548 e. The molecule has 2 amide bonds. The fraction of sp³-hybridized carbons (Fsp3) is 0.368. The quantitative estimate of drug-likeness (QED) is 0.325. The molecule has 1 aromatic carbocycles. The van der Waals surface area contributed by atoms with Gasteiger partial charge in [0.15, 0.2) is 0 Å². The predicted octanol–water partition coefficient (Wildman–Crippen LogP) is -1.78. The molecule has 2 aliphatic heterocycles. The van der Waals surface area contributed by atoms with Gasteiger partial charge >= 0.3 is 29.6 Å². The van der Waals surface area contributed by atoms with E-state index >= 15 is 0 Å². The first-order valence-electron chi connectivity index (χ1n) is 8.86. The number of β-lactam (4-membered cyclic amide) rings is 1. The average Bonchev–Trinajstić information content (AvgIpc) is 3.15. The van der Waals surface area contributed by atoms with E-state index < -0.39 is 40.0 Å². The molecular weight excluding hydrogens is 445 g/mol. The van der Waals surface area contributed by atoms with Crippen LogP contribution in [0.15, 0.2) is 28.8 Å². The fourth-order valence-electron chi connectivity index (χ4n) is 3.82. The molecule has 11 heteroatoms. The number of nitrogens with one attached hydrogen (secondary N) is 1. The Labute approximate surface area is 204 Å². The van der Waals surface area contributed by atoms with Gasteiger partial charge in [-0.1, -0.05) is 35.0 Å². The topological polar surface area (TPSA) is 116 Å². The van der Waals surface area contributed by atoms with Gasteiger partial charge in [0.2, 0.25) is 5.91 Å². The molecule has 0 unspecified atom stereocenters. The minimum absolute atomic E-state index is 0. The molecule has 0 bridgehead atoms. The summed E-state index contributed by atoms with van der Waals surface area (Å²) in [7, 11) is 0. The number of carboxylic acid groups (broad SMARTS) is 1. The maximum Gasteiger partial charge on any atom is 1.00 e. The van der Waals surface area contributed by atoms with E-state index in [1.807, 2.05) is 0 Å². The molecule has 2 aliphatic rings. The Kier molecular flexibility index (Phi) is 6.33. The molecule has 152 valence electrons. The van der Waals surface area contributed by atoms with E-state index in [2.05, 4.69) is 10.5 Å². The molecule has 3 heterocycles. The second-order valence-corrected chi connectivity index (χ2v) is 9.65. The van der Waals surface area contributed by atoms with Gasteiger partial charge in [-0.3, -0.25) is 9.59 Å². The summed E-state index contributed by atoms with van der Waals surface area (Å²) in [4.78, 5) is 38.3. The molecule has 2 saturated heterocycles. The number of nitrogens with zero attached hydrogens (tertiary/aromatic N) is 2. The van der Waals surface area contributed by atoms with Gasteiger partial charge in [-0.05, 0) is 26.8 Å². The molecular formula is C19H17ClN3NaO5S. The number of rotatable bonds is 4. The largest absolute Gasteiger partial charge is 1.00 e. The first kappa shape index (κ1) is 23.1. The van der Waals surface area contributed by atoms with Gasteiger partial charge < -0.3 is 24.6 Å². The van der Waals surface area contributed by atoms with Gasteiger partial charge in [0.1, 0.15) is 28.4 Å². The number of halogens is 1. The van der Waals surface area contributed by atoms with Crippen molar-refractivity contribution in [3.8, 4) is 11.3 Å². The Morgan fingerprint density at radius 2 is 2.00 bits per heavy atom. The first-order chi connectivity index (χ1) is 13.6. The van der Waals surface area contributed by atoms with Crippen LogP contribution in [0.2, 0.25) is 5.02 Å². The summed E-state index contributed by atoms with van der Waals surface area (Å²) in [5.74, 6) is -2.01. The van der Waals surface area contributed by atoms with E-state index in [9.17, 15) is 19.5 Å². The summed E-state index contributed by atoms with van der Waals surface area (Å²) in [6.07, 6.45) is 0. The number of carbonyl (C=O) groups is 3. The Bertz CT molecular complexity index is 1040. The summed E-state index contributed by atoms with van der Waals surface area (Å²) in [5, 5.41) is 18.1. The van der Waals surface area contributed by atoms with Crippen molar-refractivity contribution in [1.82, 2.24) is 15.4 Å². The van der Waals surface area contributed by atoms with E-state index in [0.717, 1.165) is 0 Å². The van der Waals surface area contributed by atoms with E-state index in [0.29, 0.717) is 10.6 Å². The van der Waals surface area contributed by atoms with E-state index in [1.165, 1.54) is 16.7 Å². The van der Waals surface area contributed by atoms with Crippen LogP contribution in [0.5, 0.6) is 0 Å². The number of aryl methyl sites for hydroxylation is 1. The second kappa shape index (κ2) is 8.20. The van der Waals surface area contributed by atoms with Gasteiger partial charge in [0.25, 0.3) is 5.91 Å². The molecule has 4 rings (SSSR count). The Balaban J connectivity index is 0.00000256. The number of amides is 2. The molecule has 1 N–H and O–H groups in total. The van der Waals surface area contributed by atoms with Gasteiger partial charge in [-0.25, -0.2) is 0 Å². The van der Waals surface area contributed by atoms with Crippen LogP contribution in [0.4, 0.5) is 0 Å². The number of carboxylic acids is 1. The minimum Gasteiger partial charge on any atom is -0.548 e. The predicted molar refractivity (Wildman–Crippen MR) is 104 cm³/mol. The number of hydrogen-bond acceptors (Lipinski definition) is 7. The zero-order valence-electron chi connectivity index (χ0n) is 16.8. The third kappa shape index (κ3) is 3.56. The molecule has 0 spiro atoms. The summed E-state index contributed by atoms with van der Waals surface area (Å²) >= 11 is 7.54. The maximum atomic E-state index is 13.0. The van der Waals surface area contributed by atoms with Crippen molar-refractivity contribution in [2.75, 3.05) is 0 Å². The molecule has 1 aromatic heterocycles. The third-order valence-electron chi connectivity index (χ3n) is 5.17. The van der Waals surface area contributed by atoms with Crippen molar-refractivity contribution >= 4 is 41.1 Å². The molecule has 2 fully saturated rings. The van der Waals surface area contributed by atoms with Gasteiger partial charge in [-0.2, -0.15) is 0 Å². The zero-order chi connectivity index (χ0) is 21.1. The van der Waals surface area contributed by atoms with Crippen LogP contribution in [-0.2, 0) is 9.59 Å². The van der Waals surface area contributed by atoms with Crippen molar-refractivity contribution in [2.24, 2.45) is 0 Å². The Morgan fingerprint density at radius 3 is 2.63 bits per heavy atom. The minimum atomic E-state index is -1.31. The third-order valence-corrected chi connectivity index (χ3v) is 7.07. The number of carbonyl (C=O) groups excluding carboxylic acids is 3. The summed E-state index contributed by atoms with van der Waals surface area (Å²) in [6.45, 7) is 5.07. The first-order valence-corrected chi connectivity index (χ1v) is 10.1. The van der Waals surface area contributed by atoms with E-state index in [1.54, 1.807) is 45.0 Å². The molecule has 0 aliphatic carbocycles. The van der Waals surface area contributed by atoms with E-state index in [4.69, 9.17) is 16.1 Å². The van der Waals surface area contributed by atoms with Crippen molar-refractivity contribution in [3.05, 3.63) is 40.6 Å². The SMILES string of the molecule is CC1(C)S[C@@H]2[C@H](N[13C](=O)[13c]3c(-c4ccccc4Cl)no[13c]3[13CH3])C(=O)N2[C@H]1C(=O)[O-].[Na+]. The van der Waals surface area contributed by atoms with Crippen molar-refractivity contribution in [3.63, 3.8) is 0 Å². The Hall–Kier alpha value is -1.52. The van der Waals surface area contributed by atoms with Crippen molar-refractivity contribution in [2.45, 2.75) is 43.0 Å². The summed E-state index contributed by atoms with van der Waals surface area (Å²) < 4.78 is 4.47. The average molecular weight is 462 g/mol. The second-order valence-electron chi connectivity index (χ2n) is 7.47. The summed E-state index contributed by atoms with van der Waals surface area (Å²) in [5.41, 5.74) is 0.996. The monoisotopic (exact) mass is 461 g/mol. The number of benzene rings is 1. The van der Waals surface area contributed by atoms with Crippen LogP contribution in [0, 0.1) is 6.92 Å². The van der Waals surface area contributed by atoms with Crippen LogP contribution < -0.4 is 40.0 Å². The van der Waals surface area contributed by atoms with Crippen LogP contribution >= 0.6 is 23.4 Å². The Morgan fingerprint density at radius 1 is 1.33 bits per heavy atom. The van der Waals surface area contributed by atoms with Crippen LogP contribution in [-0.4, -0.2) is 50.0 Å². The molecule has 2 aromatic rings. The maximum absolute atomic E-state index is 13.0. The van der Waals surface area contributed by atoms with Crippen molar-refractivity contribution in [1.29, 1.82) is 0 Å². The molecule has 0 saturated carbocycles. The standard InChI is InChI=1S/C19H18ClN3O5S.Na/c1-8-11(12(22-28-8)9-6-4-5-7-10(9)20)15(24)21-13-16(25)23-14(18(26)27)19(2,3)29-17(13)23;/h4-7,13-14,17H,1-3H3,(H,21,24)(H,26,27);/q;+1/p-1/t13-,14+,17-;/m1./s1/i1+1,8+1,11+1,15+1;. The number of hydrogen-bond donors (Lipinski definition) is 1. The van der Waals surface area contributed by atoms with Crippen LogP contribution in [0.1, 0.15) is 30.0 Å². The van der Waals surface area contributed by atoms with Gasteiger partial charge in [0.05, 0.1) is 17.0 Å². The van der Waals surface area contributed by atoms with Gasteiger partial charge in [-0.15, -0.1) is 11.8 Å². The van der Waals surface area contributed by atoms with Crippen LogP contribution in [0.25, 0.3) is 11.3 Å². The summed E-state index contributed by atoms with van der Waals surface area (Å²) in [6, 6.07) is 5.02. The molecule has 8 nitrogen and oxygen atoms in total. The number of fused-ring (bicyclic) bond motifs is 1. The normalized spacial score (nSPS) is 23.9. The molecule has 30 heavy (non-hydrogen) atoms. The molecule has 0 radical (unpaired) electrons. The zero-order valence-corrected chi connectivity index (χ0v) is 20.3.